The number of benzene rings is 3. The molecule has 3 aromatic carbocycles. The van der Waals surface area contributed by atoms with Crippen molar-refractivity contribution in [1.82, 2.24) is 0 Å². The number of nitrogens with zero attached hydrogens (tertiary/aromatic N) is 1. The predicted molar refractivity (Wildman–Crippen MR) is 127 cm³/mol. The number of nitrogens with one attached hydrogen (secondary N) is 2. The molecule has 1 heterocycles. The zero-order chi connectivity index (χ0) is 23.4. The van der Waals surface area contributed by atoms with Gasteiger partial charge in [-0.1, -0.05) is 18.2 Å². The highest BCUT2D eigenvalue weighted by Crippen LogP contribution is 2.27. The smallest absolute Gasteiger partial charge is 0.339 e. The van der Waals surface area contributed by atoms with E-state index >= 15 is 0 Å². The highest BCUT2D eigenvalue weighted by molar-refractivity contribution is 7.20. The number of carbonyl (C=O) groups is 3. The fourth-order valence-electron chi connectivity index (χ4n) is 3.19. The van der Waals surface area contributed by atoms with Crippen molar-refractivity contribution in [2.24, 2.45) is 0 Å². The van der Waals surface area contributed by atoms with Gasteiger partial charge in [-0.3, -0.25) is 9.59 Å². The standard InChI is InChI=1S/C25H17N3O4S/c1-32-25(31)19-11-8-17(23(29)27-18-9-6-15(14-26)7-10-18)12-20(19)28-24(30)22-13-16-4-2-3-5-21(16)33-22/h2-13H,1H3,(H,27,29)(H,28,30). The molecule has 1 aromatic heterocycles. The number of amides is 2. The van der Waals surface area contributed by atoms with Gasteiger partial charge in [0.25, 0.3) is 11.8 Å². The summed E-state index contributed by atoms with van der Waals surface area (Å²) in [5.41, 5.74) is 1.51. The lowest BCUT2D eigenvalue weighted by atomic mass is 10.1. The Balaban J connectivity index is 1.61. The first kappa shape index (κ1) is 21.7. The van der Waals surface area contributed by atoms with Crippen molar-refractivity contribution < 1.29 is 19.1 Å². The molecule has 0 atom stereocenters. The van der Waals surface area contributed by atoms with Crippen molar-refractivity contribution in [1.29, 1.82) is 5.26 Å². The molecule has 0 saturated heterocycles. The summed E-state index contributed by atoms with van der Waals surface area (Å²) in [5, 5.41) is 15.3. The Morgan fingerprint density at radius 1 is 0.909 bits per heavy atom. The van der Waals surface area contributed by atoms with E-state index in [2.05, 4.69) is 10.6 Å². The first-order chi connectivity index (χ1) is 16.0. The van der Waals surface area contributed by atoms with Crippen LogP contribution in [0, 0.1) is 11.3 Å². The molecule has 0 radical (unpaired) electrons. The van der Waals surface area contributed by atoms with Crippen molar-refractivity contribution >= 4 is 50.6 Å². The van der Waals surface area contributed by atoms with Crippen LogP contribution in [-0.4, -0.2) is 24.9 Å². The first-order valence-electron chi connectivity index (χ1n) is 9.82. The molecular formula is C25H17N3O4S. The molecule has 8 heteroatoms. The molecule has 2 N–H and O–H groups in total. The topological polar surface area (TPSA) is 108 Å². The molecule has 0 aliphatic heterocycles. The second kappa shape index (κ2) is 9.34. The number of ether oxygens (including phenoxy) is 1. The summed E-state index contributed by atoms with van der Waals surface area (Å²) in [7, 11) is 1.24. The lowest BCUT2D eigenvalue weighted by molar-refractivity contribution is 0.0601. The highest BCUT2D eigenvalue weighted by Gasteiger charge is 2.19. The zero-order valence-corrected chi connectivity index (χ0v) is 18.2. The molecule has 33 heavy (non-hydrogen) atoms. The fourth-order valence-corrected chi connectivity index (χ4v) is 4.14. The maximum absolute atomic E-state index is 12.9. The van der Waals surface area contributed by atoms with Crippen LogP contribution in [0.25, 0.3) is 10.1 Å². The third-order valence-electron chi connectivity index (χ3n) is 4.86. The van der Waals surface area contributed by atoms with E-state index < -0.39 is 17.8 Å². The van der Waals surface area contributed by atoms with E-state index in [-0.39, 0.29) is 16.8 Å². The monoisotopic (exact) mass is 455 g/mol. The molecule has 0 fully saturated rings. The molecule has 0 aliphatic rings. The molecule has 2 amide bonds. The second-order valence-electron chi connectivity index (χ2n) is 7.00. The van der Waals surface area contributed by atoms with Gasteiger partial charge < -0.3 is 15.4 Å². The van der Waals surface area contributed by atoms with Crippen molar-refractivity contribution in [2.45, 2.75) is 0 Å². The minimum atomic E-state index is -0.638. The van der Waals surface area contributed by atoms with Gasteiger partial charge in [0.05, 0.1) is 34.9 Å². The summed E-state index contributed by atoms with van der Waals surface area (Å²) in [5.74, 6) is -1.47. The van der Waals surface area contributed by atoms with Gasteiger partial charge in [0, 0.05) is 16.0 Å². The summed E-state index contributed by atoms with van der Waals surface area (Å²) in [6.07, 6.45) is 0. The molecule has 4 aromatic rings. The predicted octanol–water partition coefficient (Wildman–Crippen LogP) is 5.06. The Morgan fingerprint density at radius 3 is 2.36 bits per heavy atom. The molecule has 7 nitrogen and oxygen atoms in total. The normalized spacial score (nSPS) is 10.3. The number of nitriles is 1. The zero-order valence-electron chi connectivity index (χ0n) is 17.4. The summed E-state index contributed by atoms with van der Waals surface area (Å²) in [4.78, 5) is 38.3. The summed E-state index contributed by atoms with van der Waals surface area (Å²) in [6, 6.07) is 22.1. The molecule has 0 spiro atoms. The van der Waals surface area contributed by atoms with Gasteiger partial charge in [-0.05, 0) is 60.0 Å². The van der Waals surface area contributed by atoms with E-state index in [9.17, 15) is 14.4 Å². The first-order valence-corrected chi connectivity index (χ1v) is 10.6. The van der Waals surface area contributed by atoms with Crippen LogP contribution in [0.3, 0.4) is 0 Å². The van der Waals surface area contributed by atoms with Crippen LogP contribution in [0.4, 0.5) is 11.4 Å². The number of thiophene rings is 1. The van der Waals surface area contributed by atoms with E-state index in [0.29, 0.717) is 16.1 Å². The molecular weight excluding hydrogens is 438 g/mol. The van der Waals surface area contributed by atoms with Crippen LogP contribution in [0.5, 0.6) is 0 Å². The van der Waals surface area contributed by atoms with Crippen molar-refractivity contribution in [3.8, 4) is 6.07 Å². The summed E-state index contributed by atoms with van der Waals surface area (Å²) in [6.45, 7) is 0. The van der Waals surface area contributed by atoms with E-state index in [1.54, 1.807) is 30.3 Å². The quantitative estimate of drug-likeness (QED) is 0.409. The Hall–Kier alpha value is -4.48. The van der Waals surface area contributed by atoms with Gasteiger partial charge >= 0.3 is 5.97 Å². The average Bonchev–Trinajstić information content (AvgIpc) is 3.28. The number of fused-ring (bicyclic) bond motifs is 1. The van der Waals surface area contributed by atoms with E-state index in [1.165, 1.54) is 36.6 Å². The molecule has 0 bridgehead atoms. The maximum Gasteiger partial charge on any atom is 0.339 e. The Labute approximate surface area is 193 Å². The van der Waals surface area contributed by atoms with E-state index in [4.69, 9.17) is 10.00 Å². The Bertz CT molecular complexity index is 1380. The number of methoxy groups -OCH3 is 1. The van der Waals surface area contributed by atoms with Gasteiger partial charge in [0.1, 0.15) is 0 Å². The SMILES string of the molecule is COC(=O)c1ccc(C(=O)Nc2ccc(C#N)cc2)cc1NC(=O)c1cc2ccccc2s1. The largest absolute Gasteiger partial charge is 0.465 e. The molecule has 0 aliphatic carbocycles. The fraction of sp³-hybridized carbons (Fsp3) is 0.0400. The van der Waals surface area contributed by atoms with Crippen molar-refractivity contribution in [3.63, 3.8) is 0 Å². The van der Waals surface area contributed by atoms with Crippen LogP contribution in [-0.2, 0) is 4.74 Å². The summed E-state index contributed by atoms with van der Waals surface area (Å²) < 4.78 is 5.78. The number of hydrogen-bond acceptors (Lipinski definition) is 6. The van der Waals surface area contributed by atoms with Crippen LogP contribution < -0.4 is 10.6 Å². The van der Waals surface area contributed by atoms with Gasteiger partial charge in [-0.25, -0.2) is 4.79 Å². The Kier molecular flexibility index (Phi) is 6.15. The third kappa shape index (κ3) is 4.74. The molecule has 4 rings (SSSR count). The number of anilines is 2. The number of esters is 1. The van der Waals surface area contributed by atoms with E-state index in [1.807, 2.05) is 30.3 Å². The minimum absolute atomic E-state index is 0.127. The third-order valence-corrected chi connectivity index (χ3v) is 5.97. The van der Waals surface area contributed by atoms with E-state index in [0.717, 1.165) is 10.1 Å². The van der Waals surface area contributed by atoms with Gasteiger partial charge in [-0.15, -0.1) is 11.3 Å². The lowest BCUT2D eigenvalue weighted by Gasteiger charge is -2.12. The average molecular weight is 455 g/mol. The van der Waals surface area contributed by atoms with Gasteiger partial charge in [-0.2, -0.15) is 5.26 Å². The number of carbonyl (C=O) groups excluding carboxylic acids is 3. The minimum Gasteiger partial charge on any atom is -0.465 e. The second-order valence-corrected chi connectivity index (χ2v) is 8.08. The number of rotatable bonds is 5. The number of hydrogen-bond donors (Lipinski definition) is 2. The van der Waals surface area contributed by atoms with Crippen molar-refractivity contribution in [2.75, 3.05) is 17.7 Å². The highest BCUT2D eigenvalue weighted by atomic mass is 32.1. The molecule has 0 saturated carbocycles. The van der Waals surface area contributed by atoms with Crippen molar-refractivity contribution in [3.05, 3.63) is 94.4 Å². The molecule has 0 unspecified atom stereocenters. The van der Waals surface area contributed by atoms with Crippen LogP contribution in [0.1, 0.15) is 36.0 Å². The Morgan fingerprint density at radius 2 is 1.67 bits per heavy atom. The van der Waals surface area contributed by atoms with Gasteiger partial charge in [0.15, 0.2) is 0 Å². The lowest BCUT2D eigenvalue weighted by Crippen LogP contribution is -2.17. The van der Waals surface area contributed by atoms with Gasteiger partial charge in [0.2, 0.25) is 0 Å². The van der Waals surface area contributed by atoms with Crippen LogP contribution in [0.15, 0.2) is 72.8 Å². The van der Waals surface area contributed by atoms with Crippen LogP contribution >= 0.6 is 11.3 Å². The summed E-state index contributed by atoms with van der Waals surface area (Å²) >= 11 is 1.33. The maximum atomic E-state index is 12.9. The van der Waals surface area contributed by atoms with Crippen LogP contribution in [0.2, 0.25) is 0 Å². The molecule has 162 valence electrons.